The Labute approximate surface area is 144 Å². The molecule has 1 aliphatic heterocycles. The number of ether oxygens (including phenoxy) is 1. The summed E-state index contributed by atoms with van der Waals surface area (Å²) in [5.41, 5.74) is 1.36. The predicted molar refractivity (Wildman–Crippen MR) is 91.9 cm³/mol. The summed E-state index contributed by atoms with van der Waals surface area (Å²) in [6.45, 7) is 5.37. The van der Waals surface area contributed by atoms with Gasteiger partial charge in [0.25, 0.3) is 5.91 Å². The van der Waals surface area contributed by atoms with Gasteiger partial charge >= 0.3 is 0 Å². The van der Waals surface area contributed by atoms with Gasteiger partial charge in [-0.15, -0.1) is 0 Å². The first-order valence-electron chi connectivity index (χ1n) is 8.69. The number of methoxy groups -OCH3 is 1. The van der Waals surface area contributed by atoms with Crippen molar-refractivity contribution in [1.29, 1.82) is 0 Å². The first-order chi connectivity index (χ1) is 11.4. The number of carbonyl (C=O) groups excluding carboxylic acids is 1. The van der Waals surface area contributed by atoms with Gasteiger partial charge in [0, 0.05) is 31.9 Å². The lowest BCUT2D eigenvalue weighted by Gasteiger charge is -2.40. The van der Waals surface area contributed by atoms with Crippen molar-refractivity contribution in [2.45, 2.75) is 38.8 Å². The third-order valence-corrected chi connectivity index (χ3v) is 5.52. The van der Waals surface area contributed by atoms with Crippen LogP contribution in [-0.2, 0) is 4.74 Å². The van der Waals surface area contributed by atoms with Gasteiger partial charge in [0.1, 0.15) is 11.5 Å². The van der Waals surface area contributed by atoms with Gasteiger partial charge in [0.05, 0.1) is 6.10 Å². The topological polar surface area (TPSA) is 58.6 Å². The Morgan fingerprint density at radius 2 is 1.88 bits per heavy atom. The number of carbonyl (C=O) groups is 1. The van der Waals surface area contributed by atoms with Gasteiger partial charge in [0.15, 0.2) is 0 Å². The lowest BCUT2D eigenvalue weighted by molar-refractivity contribution is -0.0209. The molecule has 0 bridgehead atoms. The van der Waals surface area contributed by atoms with E-state index < -0.39 is 0 Å². The number of hydrogen-bond acceptors (Lipinski definition) is 5. The maximum Gasteiger partial charge on any atom is 0.272 e. The zero-order valence-electron chi connectivity index (χ0n) is 15.3. The van der Waals surface area contributed by atoms with E-state index in [1.165, 1.54) is 0 Å². The molecule has 0 radical (unpaired) electrons. The van der Waals surface area contributed by atoms with Gasteiger partial charge in [-0.3, -0.25) is 4.79 Å². The molecule has 24 heavy (non-hydrogen) atoms. The van der Waals surface area contributed by atoms with Crippen molar-refractivity contribution in [3.05, 3.63) is 23.3 Å². The average molecular weight is 332 g/mol. The van der Waals surface area contributed by atoms with Crippen LogP contribution in [-0.4, -0.2) is 72.1 Å². The molecule has 132 valence electrons. The zero-order chi connectivity index (χ0) is 17.4. The van der Waals surface area contributed by atoms with Crippen LogP contribution in [0.2, 0.25) is 0 Å². The Kier molecular flexibility index (Phi) is 4.88. The van der Waals surface area contributed by atoms with E-state index in [-0.39, 0.29) is 12.0 Å². The van der Waals surface area contributed by atoms with Gasteiger partial charge in [0.2, 0.25) is 0 Å². The Morgan fingerprint density at radius 3 is 2.46 bits per heavy atom. The van der Waals surface area contributed by atoms with Gasteiger partial charge in [-0.25, -0.2) is 9.97 Å². The zero-order valence-corrected chi connectivity index (χ0v) is 15.3. The number of amides is 1. The van der Waals surface area contributed by atoms with E-state index in [1.54, 1.807) is 13.2 Å². The van der Waals surface area contributed by atoms with Crippen molar-refractivity contribution in [2.75, 3.05) is 34.3 Å². The van der Waals surface area contributed by atoms with E-state index in [9.17, 15) is 4.79 Å². The molecule has 1 amide bonds. The van der Waals surface area contributed by atoms with Gasteiger partial charge in [-0.2, -0.15) is 0 Å². The molecule has 4 atom stereocenters. The summed E-state index contributed by atoms with van der Waals surface area (Å²) in [7, 11) is 6.02. The molecule has 1 saturated carbocycles. The highest BCUT2D eigenvalue weighted by atomic mass is 16.5. The van der Waals surface area contributed by atoms with E-state index in [4.69, 9.17) is 4.74 Å². The van der Waals surface area contributed by atoms with Crippen LogP contribution in [0.3, 0.4) is 0 Å². The highest BCUT2D eigenvalue weighted by molar-refractivity contribution is 5.92. The molecular weight excluding hydrogens is 304 g/mol. The van der Waals surface area contributed by atoms with Crippen molar-refractivity contribution in [1.82, 2.24) is 19.8 Å². The fourth-order valence-electron chi connectivity index (χ4n) is 4.34. The normalized spacial score (nSPS) is 29.8. The van der Waals surface area contributed by atoms with E-state index >= 15 is 0 Å². The molecule has 1 aliphatic carbocycles. The second-order valence-electron chi connectivity index (χ2n) is 7.45. The molecule has 6 nitrogen and oxygen atoms in total. The SMILES string of the molecule is CO[C@@H]1C[C@H]2CN(C(=O)c3cc(C)nc(C)n3)C[C@H]2C[C@H]1N(C)C. The number of aromatic nitrogens is 2. The summed E-state index contributed by atoms with van der Waals surface area (Å²) in [4.78, 5) is 25.7. The van der Waals surface area contributed by atoms with Crippen molar-refractivity contribution in [3.8, 4) is 0 Å². The minimum absolute atomic E-state index is 0.0355. The quantitative estimate of drug-likeness (QED) is 0.840. The van der Waals surface area contributed by atoms with Crippen molar-refractivity contribution in [3.63, 3.8) is 0 Å². The third-order valence-electron chi connectivity index (χ3n) is 5.52. The van der Waals surface area contributed by atoms with Crippen LogP contribution in [0.25, 0.3) is 0 Å². The van der Waals surface area contributed by atoms with Gasteiger partial charge in [-0.1, -0.05) is 0 Å². The number of fused-ring (bicyclic) bond motifs is 1. The van der Waals surface area contributed by atoms with Crippen LogP contribution < -0.4 is 0 Å². The third kappa shape index (κ3) is 3.30. The first kappa shape index (κ1) is 17.3. The molecule has 2 fully saturated rings. The minimum Gasteiger partial charge on any atom is -0.380 e. The summed E-state index contributed by atoms with van der Waals surface area (Å²) in [6, 6.07) is 2.22. The van der Waals surface area contributed by atoms with Gasteiger partial charge < -0.3 is 14.5 Å². The maximum absolute atomic E-state index is 12.9. The standard InChI is InChI=1S/C18H28N4O2/c1-11-6-15(20-12(2)19-11)18(23)22-9-13-7-16(21(3)4)17(24-5)8-14(13)10-22/h6,13-14,16-17H,7-10H2,1-5H3/t13-,14+,16-,17-/m1/s1. The molecule has 6 heteroatoms. The molecule has 0 spiro atoms. The number of likely N-dealkylation sites (tertiary alicyclic amines) is 1. The van der Waals surface area contributed by atoms with Crippen molar-refractivity contribution in [2.24, 2.45) is 11.8 Å². The van der Waals surface area contributed by atoms with Crippen LogP contribution in [0.4, 0.5) is 0 Å². The summed E-state index contributed by atoms with van der Waals surface area (Å²) >= 11 is 0. The van der Waals surface area contributed by atoms with Crippen molar-refractivity contribution < 1.29 is 9.53 Å². The number of nitrogens with zero attached hydrogens (tertiary/aromatic N) is 4. The largest absolute Gasteiger partial charge is 0.380 e. The molecule has 1 aromatic heterocycles. The number of hydrogen-bond donors (Lipinski definition) is 0. The Morgan fingerprint density at radius 1 is 1.21 bits per heavy atom. The lowest BCUT2D eigenvalue weighted by Crippen LogP contribution is -2.47. The molecule has 0 unspecified atom stereocenters. The predicted octanol–water partition coefficient (Wildman–Crippen LogP) is 1.52. The molecule has 0 N–H and O–H groups in total. The Balaban J connectivity index is 1.74. The highest BCUT2D eigenvalue weighted by Crippen LogP contribution is 2.39. The fraction of sp³-hybridized carbons (Fsp3) is 0.722. The summed E-state index contributed by atoms with van der Waals surface area (Å²) < 4.78 is 5.72. The minimum atomic E-state index is 0.0355. The van der Waals surface area contributed by atoms with Crippen LogP contribution >= 0.6 is 0 Å². The number of likely N-dealkylation sites (N-methyl/N-ethyl adjacent to an activating group) is 1. The van der Waals surface area contributed by atoms with Crippen LogP contribution in [0, 0.1) is 25.7 Å². The molecule has 2 aliphatic rings. The van der Waals surface area contributed by atoms with E-state index in [0.717, 1.165) is 31.6 Å². The average Bonchev–Trinajstić information content (AvgIpc) is 2.94. The first-order valence-corrected chi connectivity index (χ1v) is 8.69. The molecular formula is C18H28N4O2. The summed E-state index contributed by atoms with van der Waals surface area (Å²) in [5.74, 6) is 1.77. The second kappa shape index (κ2) is 6.76. The number of aryl methyl sites for hydroxylation is 2. The molecule has 1 saturated heterocycles. The van der Waals surface area contributed by atoms with E-state index in [2.05, 4.69) is 29.0 Å². The monoisotopic (exact) mass is 332 g/mol. The van der Waals surface area contributed by atoms with Crippen LogP contribution in [0.1, 0.15) is 34.8 Å². The molecule has 3 rings (SSSR count). The molecule has 2 heterocycles. The smallest absolute Gasteiger partial charge is 0.272 e. The Bertz CT molecular complexity index is 599. The molecule has 0 aromatic carbocycles. The lowest BCUT2D eigenvalue weighted by atomic mass is 9.77. The highest BCUT2D eigenvalue weighted by Gasteiger charge is 2.44. The summed E-state index contributed by atoms with van der Waals surface area (Å²) in [6.07, 6.45) is 2.36. The maximum atomic E-state index is 12.9. The Hall–Kier alpha value is -1.53. The fourth-order valence-corrected chi connectivity index (χ4v) is 4.34. The van der Waals surface area contributed by atoms with Crippen LogP contribution in [0.5, 0.6) is 0 Å². The van der Waals surface area contributed by atoms with Crippen molar-refractivity contribution >= 4 is 5.91 Å². The van der Waals surface area contributed by atoms with Gasteiger partial charge in [-0.05, 0) is 58.7 Å². The van der Waals surface area contributed by atoms with E-state index in [1.807, 2.05) is 18.7 Å². The number of rotatable bonds is 3. The summed E-state index contributed by atoms with van der Waals surface area (Å²) in [5, 5.41) is 0. The van der Waals surface area contributed by atoms with Crippen LogP contribution in [0.15, 0.2) is 6.07 Å². The molecule has 1 aromatic rings. The second-order valence-corrected chi connectivity index (χ2v) is 7.45. The van der Waals surface area contributed by atoms with E-state index in [0.29, 0.717) is 29.4 Å².